The fourth-order valence-corrected chi connectivity index (χ4v) is 2.87. The van der Waals surface area contributed by atoms with Crippen LogP contribution < -0.4 is 5.32 Å². The zero-order valence-corrected chi connectivity index (χ0v) is 14.2. The largest absolute Gasteiger partial charge is 0.480 e. The molecule has 0 saturated heterocycles. The number of carboxylic acids is 1. The minimum atomic E-state index is -1.02. The maximum atomic E-state index is 12.8. The van der Waals surface area contributed by atoms with Crippen LogP contribution in [0, 0.1) is 12.8 Å². The molecule has 1 aromatic heterocycles. The Hall–Kier alpha value is -2.43. The lowest BCUT2D eigenvalue weighted by Crippen LogP contribution is -2.44. The first-order valence-electron chi connectivity index (χ1n) is 8.32. The number of nitrogens with one attached hydrogen (secondary N) is 1. The Morgan fingerprint density at radius 1 is 1.25 bits per heavy atom. The van der Waals surface area contributed by atoms with Crippen LogP contribution in [0.2, 0.25) is 0 Å². The maximum Gasteiger partial charge on any atom is 0.326 e. The van der Waals surface area contributed by atoms with E-state index in [-0.39, 0.29) is 11.8 Å². The molecule has 0 radical (unpaired) electrons. The standard InChI is InChI=1S/C19H22N2O3/c1-10(2)17(19(23)24)21-18(22)14-9-16(12-5-6-12)20-15-7-4-11(3)8-13(14)15/h4,7-10,12,17H,5-6H2,1-3H3,(H,21,22)(H,23,24)/t17-/m1/s1. The van der Waals surface area contributed by atoms with Crippen molar-refractivity contribution < 1.29 is 14.7 Å². The van der Waals surface area contributed by atoms with Crippen LogP contribution >= 0.6 is 0 Å². The molecule has 0 unspecified atom stereocenters. The first-order chi connectivity index (χ1) is 11.4. The van der Waals surface area contributed by atoms with Crippen LogP contribution in [0.4, 0.5) is 0 Å². The summed E-state index contributed by atoms with van der Waals surface area (Å²) in [7, 11) is 0. The first-order valence-corrected chi connectivity index (χ1v) is 8.32. The zero-order valence-electron chi connectivity index (χ0n) is 14.2. The second kappa shape index (κ2) is 6.23. The van der Waals surface area contributed by atoms with E-state index in [1.54, 1.807) is 13.8 Å². The number of rotatable bonds is 5. The van der Waals surface area contributed by atoms with E-state index in [1.165, 1.54) is 0 Å². The summed E-state index contributed by atoms with van der Waals surface area (Å²) in [6.45, 7) is 5.52. The Bertz CT molecular complexity index is 810. The van der Waals surface area contributed by atoms with Crippen LogP contribution in [0.1, 0.15) is 54.2 Å². The minimum absolute atomic E-state index is 0.191. The zero-order chi connectivity index (χ0) is 17.4. The topological polar surface area (TPSA) is 79.3 Å². The molecule has 1 aliphatic carbocycles. The monoisotopic (exact) mass is 326 g/mol. The Morgan fingerprint density at radius 3 is 2.54 bits per heavy atom. The highest BCUT2D eigenvalue weighted by atomic mass is 16.4. The number of benzene rings is 1. The van der Waals surface area contributed by atoms with Crippen LogP contribution in [0.5, 0.6) is 0 Å². The number of pyridine rings is 1. The van der Waals surface area contributed by atoms with Gasteiger partial charge in [-0.15, -0.1) is 0 Å². The normalized spacial score (nSPS) is 15.5. The van der Waals surface area contributed by atoms with Gasteiger partial charge in [0.1, 0.15) is 6.04 Å². The molecule has 24 heavy (non-hydrogen) atoms. The van der Waals surface area contributed by atoms with Gasteiger partial charge < -0.3 is 10.4 Å². The van der Waals surface area contributed by atoms with Crippen molar-refractivity contribution in [2.45, 2.75) is 45.6 Å². The van der Waals surface area contributed by atoms with Gasteiger partial charge in [-0.3, -0.25) is 9.78 Å². The van der Waals surface area contributed by atoms with Crippen LogP contribution in [0.3, 0.4) is 0 Å². The summed E-state index contributed by atoms with van der Waals surface area (Å²) in [5.41, 5.74) is 3.26. The van der Waals surface area contributed by atoms with Crippen molar-refractivity contribution in [1.82, 2.24) is 10.3 Å². The number of hydrogen-bond acceptors (Lipinski definition) is 3. The third-order valence-corrected chi connectivity index (χ3v) is 4.44. The van der Waals surface area contributed by atoms with E-state index in [0.717, 1.165) is 35.0 Å². The van der Waals surface area contributed by atoms with Crippen molar-refractivity contribution in [2.24, 2.45) is 5.92 Å². The second-order valence-electron chi connectivity index (χ2n) is 6.92. The molecule has 0 spiro atoms. The van der Waals surface area contributed by atoms with E-state index in [1.807, 2.05) is 31.2 Å². The Morgan fingerprint density at radius 2 is 1.96 bits per heavy atom. The molecule has 126 valence electrons. The lowest BCUT2D eigenvalue weighted by molar-refractivity contribution is -0.140. The van der Waals surface area contributed by atoms with E-state index >= 15 is 0 Å². The molecule has 1 fully saturated rings. The van der Waals surface area contributed by atoms with E-state index in [2.05, 4.69) is 10.3 Å². The number of fused-ring (bicyclic) bond motifs is 1. The summed E-state index contributed by atoms with van der Waals surface area (Å²) >= 11 is 0. The second-order valence-corrected chi connectivity index (χ2v) is 6.92. The van der Waals surface area contributed by atoms with Gasteiger partial charge in [0, 0.05) is 17.0 Å². The number of carboxylic acid groups (broad SMARTS) is 1. The molecule has 1 atom stereocenters. The molecule has 2 aromatic rings. The highest BCUT2D eigenvalue weighted by molar-refractivity contribution is 6.07. The molecule has 5 heteroatoms. The van der Waals surface area contributed by atoms with Crippen molar-refractivity contribution in [1.29, 1.82) is 0 Å². The van der Waals surface area contributed by atoms with Crippen LogP contribution in [-0.2, 0) is 4.79 Å². The third kappa shape index (κ3) is 3.25. The van der Waals surface area contributed by atoms with Gasteiger partial charge in [-0.05, 0) is 43.9 Å². The third-order valence-electron chi connectivity index (χ3n) is 4.44. The average molecular weight is 326 g/mol. The Kier molecular flexibility index (Phi) is 4.26. The number of nitrogens with zero attached hydrogens (tertiary/aromatic N) is 1. The molecule has 1 saturated carbocycles. The SMILES string of the molecule is Cc1ccc2nc(C3CC3)cc(C(=O)N[C@@H](C(=O)O)C(C)C)c2c1. The van der Waals surface area contributed by atoms with E-state index in [0.29, 0.717) is 11.5 Å². The molecule has 5 nitrogen and oxygen atoms in total. The molecule has 1 aromatic carbocycles. The number of aromatic nitrogens is 1. The molecule has 1 heterocycles. The predicted octanol–water partition coefficient (Wildman–Crippen LogP) is 3.26. The van der Waals surface area contributed by atoms with Gasteiger partial charge >= 0.3 is 5.97 Å². The summed E-state index contributed by atoms with van der Waals surface area (Å²) in [6.07, 6.45) is 2.18. The minimum Gasteiger partial charge on any atom is -0.480 e. The number of carbonyl (C=O) groups excluding carboxylic acids is 1. The van der Waals surface area contributed by atoms with Crippen LogP contribution in [-0.4, -0.2) is 28.0 Å². The van der Waals surface area contributed by atoms with Crippen LogP contribution in [0.25, 0.3) is 10.9 Å². The average Bonchev–Trinajstić information content (AvgIpc) is 3.35. The highest BCUT2D eigenvalue weighted by Crippen LogP contribution is 2.40. The van der Waals surface area contributed by atoms with Crippen molar-refractivity contribution >= 4 is 22.8 Å². The lowest BCUT2D eigenvalue weighted by atomic mass is 10.0. The smallest absolute Gasteiger partial charge is 0.326 e. The van der Waals surface area contributed by atoms with Gasteiger partial charge in [-0.2, -0.15) is 0 Å². The molecular weight excluding hydrogens is 304 g/mol. The van der Waals surface area contributed by atoms with Crippen molar-refractivity contribution in [3.8, 4) is 0 Å². The Balaban J connectivity index is 2.04. The van der Waals surface area contributed by atoms with E-state index < -0.39 is 12.0 Å². The summed E-state index contributed by atoms with van der Waals surface area (Å²) in [5, 5.41) is 12.8. The summed E-state index contributed by atoms with van der Waals surface area (Å²) in [5.74, 6) is -1.14. The molecule has 0 bridgehead atoms. The molecule has 3 rings (SSSR count). The Labute approximate surface area is 141 Å². The number of aryl methyl sites for hydroxylation is 1. The number of amides is 1. The van der Waals surface area contributed by atoms with Gasteiger partial charge in [-0.25, -0.2) is 4.79 Å². The molecule has 0 aliphatic heterocycles. The highest BCUT2D eigenvalue weighted by Gasteiger charge is 2.29. The van der Waals surface area contributed by atoms with Crippen LogP contribution in [0.15, 0.2) is 24.3 Å². The van der Waals surface area contributed by atoms with Gasteiger partial charge in [0.25, 0.3) is 5.91 Å². The fourth-order valence-electron chi connectivity index (χ4n) is 2.87. The predicted molar refractivity (Wildman–Crippen MR) is 92.2 cm³/mol. The number of hydrogen-bond donors (Lipinski definition) is 2. The van der Waals surface area contributed by atoms with Gasteiger partial charge in [-0.1, -0.05) is 25.5 Å². The molecule has 1 aliphatic rings. The van der Waals surface area contributed by atoms with Gasteiger partial charge in [0.15, 0.2) is 0 Å². The number of carbonyl (C=O) groups is 2. The van der Waals surface area contributed by atoms with Gasteiger partial charge in [0.2, 0.25) is 0 Å². The molecule has 2 N–H and O–H groups in total. The summed E-state index contributed by atoms with van der Waals surface area (Å²) < 4.78 is 0. The summed E-state index contributed by atoms with van der Waals surface area (Å²) in [6, 6.07) is 6.74. The lowest BCUT2D eigenvalue weighted by Gasteiger charge is -2.19. The summed E-state index contributed by atoms with van der Waals surface area (Å²) in [4.78, 5) is 28.8. The number of aliphatic carboxylic acids is 1. The van der Waals surface area contributed by atoms with Crippen molar-refractivity contribution in [3.05, 3.63) is 41.1 Å². The van der Waals surface area contributed by atoms with Crippen molar-refractivity contribution in [2.75, 3.05) is 0 Å². The van der Waals surface area contributed by atoms with E-state index in [9.17, 15) is 14.7 Å². The maximum absolute atomic E-state index is 12.8. The molecule has 1 amide bonds. The first kappa shape index (κ1) is 16.4. The fraction of sp³-hybridized carbons (Fsp3) is 0.421. The van der Waals surface area contributed by atoms with Gasteiger partial charge in [0.05, 0.1) is 11.1 Å². The molecular formula is C19H22N2O3. The van der Waals surface area contributed by atoms with E-state index in [4.69, 9.17) is 0 Å². The van der Waals surface area contributed by atoms with Crippen molar-refractivity contribution in [3.63, 3.8) is 0 Å². The quantitative estimate of drug-likeness (QED) is 0.884.